The van der Waals surface area contributed by atoms with Gasteiger partial charge >= 0.3 is 0 Å². The molecule has 0 aliphatic rings. The van der Waals surface area contributed by atoms with Gasteiger partial charge in [-0.1, -0.05) is 29.8 Å². The number of nitrogens with zero attached hydrogens (tertiary/aromatic N) is 1. The van der Waals surface area contributed by atoms with E-state index in [4.69, 9.17) is 11.6 Å². The Bertz CT molecular complexity index is 619. The first-order valence-corrected chi connectivity index (χ1v) is 8.14. The summed E-state index contributed by atoms with van der Waals surface area (Å²) in [7, 11) is 0. The van der Waals surface area contributed by atoms with E-state index >= 15 is 0 Å². The zero-order valence-corrected chi connectivity index (χ0v) is 13.5. The van der Waals surface area contributed by atoms with Crippen molar-refractivity contribution in [2.75, 3.05) is 0 Å². The van der Waals surface area contributed by atoms with Crippen LogP contribution in [0.4, 0.5) is 5.69 Å². The van der Waals surface area contributed by atoms with Crippen LogP contribution in [-0.4, -0.2) is 4.92 Å². The monoisotopic (exact) mass is 371 g/mol. The lowest BCUT2D eigenvalue weighted by Gasteiger charge is -2.04. The van der Waals surface area contributed by atoms with E-state index in [-0.39, 0.29) is 10.6 Å². The molecule has 104 valence electrons. The Morgan fingerprint density at radius 3 is 2.35 bits per heavy atom. The fourth-order valence-corrected chi connectivity index (χ4v) is 3.12. The molecule has 0 aliphatic heterocycles. The van der Waals surface area contributed by atoms with Crippen LogP contribution in [0.15, 0.2) is 46.9 Å². The molecule has 0 saturated heterocycles. The second kappa shape index (κ2) is 7.11. The van der Waals surface area contributed by atoms with E-state index in [2.05, 4.69) is 15.9 Å². The molecule has 0 spiro atoms. The van der Waals surface area contributed by atoms with Gasteiger partial charge in [-0.3, -0.25) is 10.1 Å². The van der Waals surface area contributed by atoms with Gasteiger partial charge in [-0.25, -0.2) is 0 Å². The van der Waals surface area contributed by atoms with Crippen molar-refractivity contribution in [2.45, 2.75) is 11.5 Å². The van der Waals surface area contributed by atoms with Crippen molar-refractivity contribution in [3.8, 4) is 0 Å². The Kier molecular flexibility index (Phi) is 5.46. The predicted molar refractivity (Wildman–Crippen MR) is 87.2 cm³/mol. The van der Waals surface area contributed by atoms with Gasteiger partial charge in [0.15, 0.2) is 0 Å². The molecule has 0 amide bonds. The summed E-state index contributed by atoms with van der Waals surface area (Å²) in [5.74, 6) is 1.58. The second-order valence-corrected chi connectivity index (χ2v) is 6.44. The lowest BCUT2D eigenvalue weighted by Crippen LogP contribution is -1.91. The van der Waals surface area contributed by atoms with Crippen molar-refractivity contribution in [3.63, 3.8) is 0 Å². The molecule has 20 heavy (non-hydrogen) atoms. The molecular weight excluding hydrogens is 362 g/mol. The summed E-state index contributed by atoms with van der Waals surface area (Å²) in [5.41, 5.74) is 2.24. The third-order valence-electron chi connectivity index (χ3n) is 2.66. The normalized spacial score (nSPS) is 10.5. The third-order valence-corrected chi connectivity index (χ3v) is 4.66. The maximum atomic E-state index is 10.9. The van der Waals surface area contributed by atoms with Crippen LogP contribution in [-0.2, 0) is 11.5 Å². The van der Waals surface area contributed by atoms with Crippen LogP contribution in [0.3, 0.4) is 0 Å². The van der Waals surface area contributed by atoms with E-state index in [1.807, 2.05) is 30.3 Å². The molecular formula is C14H11BrClNO2S. The van der Waals surface area contributed by atoms with Crippen molar-refractivity contribution < 1.29 is 4.92 Å². The van der Waals surface area contributed by atoms with E-state index in [1.54, 1.807) is 23.9 Å². The average Bonchev–Trinajstić information content (AvgIpc) is 2.42. The zero-order chi connectivity index (χ0) is 14.5. The fourth-order valence-electron chi connectivity index (χ4n) is 1.66. The van der Waals surface area contributed by atoms with E-state index in [1.165, 1.54) is 5.56 Å². The summed E-state index contributed by atoms with van der Waals surface area (Å²) in [5, 5.41) is 11.6. The first-order chi connectivity index (χ1) is 9.56. The number of thioether (sulfide) groups is 1. The van der Waals surface area contributed by atoms with Crippen LogP contribution in [0.25, 0.3) is 0 Å². The molecule has 0 atom stereocenters. The van der Waals surface area contributed by atoms with Gasteiger partial charge in [-0.2, -0.15) is 11.8 Å². The summed E-state index contributed by atoms with van der Waals surface area (Å²) < 4.78 is 0.508. The van der Waals surface area contributed by atoms with Gasteiger partial charge < -0.3 is 0 Å². The maximum absolute atomic E-state index is 10.9. The quantitative estimate of drug-likeness (QED) is 0.518. The Hall–Kier alpha value is -1.04. The van der Waals surface area contributed by atoms with Gasteiger partial charge in [0.05, 0.1) is 9.40 Å². The van der Waals surface area contributed by atoms with E-state index in [0.717, 1.165) is 22.1 Å². The van der Waals surface area contributed by atoms with Gasteiger partial charge in [-0.05, 0) is 45.3 Å². The molecule has 0 fully saturated rings. The topological polar surface area (TPSA) is 43.1 Å². The van der Waals surface area contributed by atoms with Crippen LogP contribution in [0.2, 0.25) is 5.02 Å². The summed E-state index contributed by atoms with van der Waals surface area (Å²) in [6.45, 7) is 0. The number of hydrogen-bond donors (Lipinski definition) is 0. The second-order valence-electron chi connectivity index (χ2n) is 4.16. The predicted octanol–water partition coefficient (Wildman–Crippen LogP) is 5.44. The summed E-state index contributed by atoms with van der Waals surface area (Å²) >= 11 is 10.7. The number of nitro benzene ring substituents is 1. The smallest absolute Gasteiger partial charge is 0.258 e. The molecule has 0 bridgehead atoms. The molecule has 0 saturated carbocycles. The van der Waals surface area contributed by atoms with Gasteiger partial charge in [0, 0.05) is 22.6 Å². The zero-order valence-electron chi connectivity index (χ0n) is 10.4. The minimum atomic E-state index is -0.378. The van der Waals surface area contributed by atoms with Gasteiger partial charge in [0.2, 0.25) is 0 Å². The lowest BCUT2D eigenvalue weighted by atomic mass is 10.2. The molecule has 0 aliphatic carbocycles. The molecule has 0 heterocycles. The maximum Gasteiger partial charge on any atom is 0.283 e. The molecule has 6 heteroatoms. The Labute approximate surface area is 134 Å². The van der Waals surface area contributed by atoms with E-state index in [9.17, 15) is 10.1 Å². The Balaban J connectivity index is 1.96. The number of rotatable bonds is 5. The molecule has 3 nitrogen and oxygen atoms in total. The molecule has 0 radical (unpaired) electrons. The molecule has 0 aromatic heterocycles. The summed E-state index contributed by atoms with van der Waals surface area (Å²) in [6, 6.07) is 12.9. The van der Waals surface area contributed by atoms with Crippen LogP contribution >= 0.6 is 39.3 Å². The SMILES string of the molecule is O=[N+]([O-])c1cc(CSCc2ccc(Cl)cc2)ccc1Br. The highest BCUT2D eigenvalue weighted by atomic mass is 79.9. The first kappa shape index (κ1) is 15.4. The van der Waals surface area contributed by atoms with Crippen LogP contribution in [0.1, 0.15) is 11.1 Å². The van der Waals surface area contributed by atoms with Crippen molar-refractivity contribution in [3.05, 3.63) is 73.2 Å². The van der Waals surface area contributed by atoms with E-state index < -0.39 is 0 Å². The number of halogens is 2. The third kappa shape index (κ3) is 4.23. The minimum Gasteiger partial charge on any atom is -0.258 e. The van der Waals surface area contributed by atoms with Crippen molar-refractivity contribution in [1.29, 1.82) is 0 Å². The molecule has 0 N–H and O–H groups in total. The van der Waals surface area contributed by atoms with E-state index in [0.29, 0.717) is 4.47 Å². The van der Waals surface area contributed by atoms with Crippen LogP contribution in [0.5, 0.6) is 0 Å². The molecule has 2 aromatic carbocycles. The lowest BCUT2D eigenvalue weighted by molar-refractivity contribution is -0.385. The summed E-state index contributed by atoms with van der Waals surface area (Å²) in [4.78, 5) is 10.5. The van der Waals surface area contributed by atoms with Crippen molar-refractivity contribution in [1.82, 2.24) is 0 Å². The van der Waals surface area contributed by atoms with Gasteiger partial charge in [0.25, 0.3) is 5.69 Å². The van der Waals surface area contributed by atoms with Gasteiger partial charge in [0.1, 0.15) is 0 Å². The first-order valence-electron chi connectivity index (χ1n) is 5.81. The minimum absolute atomic E-state index is 0.106. The van der Waals surface area contributed by atoms with Gasteiger partial charge in [-0.15, -0.1) is 0 Å². The average molecular weight is 373 g/mol. The fraction of sp³-hybridized carbons (Fsp3) is 0.143. The number of nitro groups is 1. The molecule has 2 rings (SSSR count). The highest BCUT2D eigenvalue weighted by Crippen LogP contribution is 2.28. The largest absolute Gasteiger partial charge is 0.283 e. The number of benzene rings is 2. The molecule has 0 unspecified atom stereocenters. The standard InChI is InChI=1S/C14H11BrClNO2S/c15-13-6-3-11(7-14(13)17(18)19)9-20-8-10-1-4-12(16)5-2-10/h1-7H,8-9H2. The highest BCUT2D eigenvalue weighted by Gasteiger charge is 2.12. The summed E-state index contributed by atoms with van der Waals surface area (Å²) in [6.07, 6.45) is 0. The Morgan fingerprint density at radius 1 is 1.10 bits per heavy atom. The molecule has 2 aromatic rings. The van der Waals surface area contributed by atoms with Crippen LogP contribution < -0.4 is 0 Å². The highest BCUT2D eigenvalue weighted by molar-refractivity contribution is 9.10. The Morgan fingerprint density at radius 2 is 1.70 bits per heavy atom. The van der Waals surface area contributed by atoms with Crippen molar-refractivity contribution >= 4 is 45.0 Å². The van der Waals surface area contributed by atoms with Crippen LogP contribution in [0, 0.1) is 10.1 Å². The van der Waals surface area contributed by atoms with Crippen molar-refractivity contribution in [2.24, 2.45) is 0 Å². The number of hydrogen-bond acceptors (Lipinski definition) is 3.